The Kier molecular flexibility index (Phi) is 9.10. The number of halogens is 1. The fourth-order valence-electron chi connectivity index (χ4n) is 0.846. The fourth-order valence-corrected chi connectivity index (χ4v) is 1.24. The number of unbranched alkanes of at least 4 members (excludes halogenated alkanes) is 3. The molecular weight excluding hydrogens is 232 g/mol. The molecule has 0 aliphatic rings. The van der Waals surface area contributed by atoms with E-state index in [-0.39, 0.29) is 0 Å². The van der Waals surface area contributed by atoms with Gasteiger partial charge in [-0.25, -0.2) is 4.79 Å². The van der Waals surface area contributed by atoms with Crippen LogP contribution in [0.15, 0.2) is 24.3 Å². The van der Waals surface area contributed by atoms with Crippen molar-refractivity contribution in [3.05, 3.63) is 24.3 Å². The van der Waals surface area contributed by atoms with Gasteiger partial charge in [-0.2, -0.15) is 0 Å². The molecule has 0 saturated heterocycles. The highest BCUT2D eigenvalue weighted by atomic mass is 79.9. The quantitative estimate of drug-likeness (QED) is 0.325. The summed E-state index contributed by atoms with van der Waals surface area (Å²) in [7, 11) is 0. The summed E-state index contributed by atoms with van der Waals surface area (Å²) in [5.74, 6) is -0.899. The summed E-state index contributed by atoms with van der Waals surface area (Å²) in [4.78, 5) is 10.0. The van der Waals surface area contributed by atoms with Gasteiger partial charge in [-0.1, -0.05) is 40.6 Å². The summed E-state index contributed by atoms with van der Waals surface area (Å²) in [6.45, 7) is 0. The van der Waals surface area contributed by atoms with Crippen molar-refractivity contribution in [3.63, 3.8) is 0 Å². The van der Waals surface area contributed by atoms with Gasteiger partial charge in [-0.15, -0.1) is 0 Å². The van der Waals surface area contributed by atoms with E-state index in [0.717, 1.165) is 17.8 Å². The topological polar surface area (TPSA) is 37.3 Å². The normalized spacial score (nSPS) is 11.5. The van der Waals surface area contributed by atoms with E-state index >= 15 is 0 Å². The summed E-state index contributed by atoms with van der Waals surface area (Å²) in [5.41, 5.74) is 0. The van der Waals surface area contributed by atoms with Gasteiger partial charge >= 0.3 is 5.97 Å². The van der Waals surface area contributed by atoms with Crippen LogP contribution in [0.4, 0.5) is 0 Å². The predicted octanol–water partition coefficient (Wildman–Crippen LogP) is 3.14. The minimum Gasteiger partial charge on any atom is -0.478 e. The monoisotopic (exact) mass is 246 g/mol. The number of rotatable bonds is 7. The second-order valence-corrected chi connectivity index (χ2v) is 3.46. The summed E-state index contributed by atoms with van der Waals surface area (Å²) >= 11 is 3.36. The number of hydrogen-bond donors (Lipinski definition) is 1. The Morgan fingerprint density at radius 3 is 2.62 bits per heavy atom. The molecule has 13 heavy (non-hydrogen) atoms. The molecule has 3 heteroatoms. The van der Waals surface area contributed by atoms with Crippen molar-refractivity contribution in [3.8, 4) is 0 Å². The van der Waals surface area contributed by atoms with Gasteiger partial charge in [0, 0.05) is 11.4 Å². The lowest BCUT2D eigenvalue weighted by Crippen LogP contribution is -1.84. The third-order valence-corrected chi connectivity index (χ3v) is 2.05. The van der Waals surface area contributed by atoms with Crippen molar-refractivity contribution in [1.82, 2.24) is 0 Å². The highest BCUT2D eigenvalue weighted by molar-refractivity contribution is 9.09. The van der Waals surface area contributed by atoms with Crippen LogP contribution in [-0.2, 0) is 4.79 Å². The molecule has 0 fully saturated rings. The van der Waals surface area contributed by atoms with Gasteiger partial charge in [-0.3, -0.25) is 0 Å². The molecule has 0 rings (SSSR count). The lowest BCUT2D eigenvalue weighted by molar-refractivity contribution is -0.131. The highest BCUT2D eigenvalue weighted by Crippen LogP contribution is 2.02. The minimum absolute atomic E-state index is 0.899. The molecule has 0 aliphatic carbocycles. The zero-order valence-corrected chi connectivity index (χ0v) is 9.16. The van der Waals surface area contributed by atoms with Gasteiger partial charge in [0.05, 0.1) is 0 Å². The zero-order chi connectivity index (χ0) is 9.94. The average Bonchev–Trinajstić information content (AvgIpc) is 2.09. The Balaban J connectivity index is 3.26. The van der Waals surface area contributed by atoms with Crippen molar-refractivity contribution in [2.24, 2.45) is 0 Å². The third kappa shape index (κ3) is 11.4. The smallest absolute Gasteiger partial charge is 0.328 e. The van der Waals surface area contributed by atoms with Crippen LogP contribution in [0.5, 0.6) is 0 Å². The first-order chi connectivity index (χ1) is 6.27. The lowest BCUT2D eigenvalue weighted by atomic mass is 10.2. The first-order valence-electron chi connectivity index (χ1n) is 4.39. The van der Waals surface area contributed by atoms with E-state index in [1.807, 2.05) is 6.08 Å². The second kappa shape index (κ2) is 9.52. The molecule has 0 radical (unpaired) electrons. The molecule has 0 aromatic carbocycles. The highest BCUT2D eigenvalue weighted by Gasteiger charge is 1.84. The predicted molar refractivity (Wildman–Crippen MR) is 58.2 cm³/mol. The van der Waals surface area contributed by atoms with E-state index in [1.54, 1.807) is 12.2 Å². The molecule has 0 aliphatic heterocycles. The van der Waals surface area contributed by atoms with Crippen molar-refractivity contribution in [1.29, 1.82) is 0 Å². The van der Waals surface area contributed by atoms with Gasteiger partial charge in [0.1, 0.15) is 0 Å². The van der Waals surface area contributed by atoms with E-state index in [1.165, 1.54) is 19.3 Å². The van der Waals surface area contributed by atoms with E-state index in [9.17, 15) is 4.79 Å². The maximum Gasteiger partial charge on any atom is 0.328 e. The van der Waals surface area contributed by atoms with Gasteiger partial charge in [-0.05, 0) is 19.3 Å². The Labute approximate surface area is 87.5 Å². The van der Waals surface area contributed by atoms with E-state index in [2.05, 4.69) is 15.9 Å². The van der Waals surface area contributed by atoms with Gasteiger partial charge in [0.15, 0.2) is 0 Å². The number of carboxylic acids is 1. The standard InChI is InChI=1S/C10H15BrO2/c11-9-7-5-3-1-2-4-6-8-10(12)13/h2,4,6,8H,1,3,5,7,9H2,(H,12,13)/b4-2+,8-6+. The van der Waals surface area contributed by atoms with Crippen LogP contribution in [0.3, 0.4) is 0 Å². The summed E-state index contributed by atoms with van der Waals surface area (Å²) < 4.78 is 0. The van der Waals surface area contributed by atoms with Gasteiger partial charge in [0.25, 0.3) is 0 Å². The molecule has 0 aromatic rings. The number of carbonyl (C=O) groups is 1. The first kappa shape index (κ1) is 12.4. The molecular formula is C10H15BrO2. The summed E-state index contributed by atoms with van der Waals surface area (Å²) in [6, 6.07) is 0. The molecule has 2 nitrogen and oxygen atoms in total. The van der Waals surface area contributed by atoms with Crippen LogP contribution < -0.4 is 0 Å². The summed E-state index contributed by atoms with van der Waals surface area (Å²) in [5, 5.41) is 9.33. The molecule has 0 atom stereocenters. The van der Waals surface area contributed by atoms with E-state index < -0.39 is 5.97 Å². The van der Waals surface area contributed by atoms with Crippen molar-refractivity contribution < 1.29 is 9.90 Å². The average molecular weight is 247 g/mol. The van der Waals surface area contributed by atoms with Crippen LogP contribution in [0, 0.1) is 0 Å². The number of hydrogen-bond acceptors (Lipinski definition) is 1. The molecule has 1 N–H and O–H groups in total. The first-order valence-corrected chi connectivity index (χ1v) is 5.51. The second-order valence-electron chi connectivity index (χ2n) is 2.66. The molecule has 74 valence electrons. The van der Waals surface area contributed by atoms with Crippen LogP contribution in [0.1, 0.15) is 25.7 Å². The molecule has 0 saturated carbocycles. The Bertz CT molecular complexity index is 185. The molecule has 0 bridgehead atoms. The van der Waals surface area contributed by atoms with Gasteiger partial charge in [0.2, 0.25) is 0 Å². The molecule has 0 heterocycles. The number of aliphatic carboxylic acids is 1. The number of carboxylic acid groups (broad SMARTS) is 1. The number of alkyl halides is 1. The van der Waals surface area contributed by atoms with Crippen LogP contribution in [0.25, 0.3) is 0 Å². The molecule has 0 aromatic heterocycles. The fraction of sp³-hybridized carbons (Fsp3) is 0.500. The van der Waals surface area contributed by atoms with E-state index in [0.29, 0.717) is 0 Å². The largest absolute Gasteiger partial charge is 0.478 e. The molecule has 0 amide bonds. The SMILES string of the molecule is O=C(O)/C=C/C=C/CCCCCBr. The Morgan fingerprint density at radius 2 is 2.00 bits per heavy atom. The minimum atomic E-state index is -0.899. The molecule has 0 unspecified atom stereocenters. The van der Waals surface area contributed by atoms with Crippen LogP contribution in [0.2, 0.25) is 0 Å². The maximum atomic E-state index is 10.0. The lowest BCUT2D eigenvalue weighted by Gasteiger charge is -1.92. The number of allylic oxidation sites excluding steroid dienone is 3. The van der Waals surface area contributed by atoms with Crippen LogP contribution in [-0.4, -0.2) is 16.4 Å². The van der Waals surface area contributed by atoms with Gasteiger partial charge < -0.3 is 5.11 Å². The zero-order valence-electron chi connectivity index (χ0n) is 7.58. The molecule has 0 spiro atoms. The Morgan fingerprint density at radius 1 is 1.23 bits per heavy atom. The van der Waals surface area contributed by atoms with Crippen molar-refractivity contribution in [2.45, 2.75) is 25.7 Å². The Hall–Kier alpha value is -0.570. The third-order valence-electron chi connectivity index (χ3n) is 1.49. The summed E-state index contributed by atoms with van der Waals surface area (Å²) in [6.07, 6.45) is 11.1. The maximum absolute atomic E-state index is 10.0. The van der Waals surface area contributed by atoms with E-state index in [4.69, 9.17) is 5.11 Å². The van der Waals surface area contributed by atoms with Crippen molar-refractivity contribution >= 4 is 21.9 Å². The van der Waals surface area contributed by atoms with Crippen LogP contribution >= 0.6 is 15.9 Å². The van der Waals surface area contributed by atoms with Crippen molar-refractivity contribution in [2.75, 3.05) is 5.33 Å².